The summed E-state index contributed by atoms with van der Waals surface area (Å²) in [6.45, 7) is 1.05. The van der Waals surface area contributed by atoms with Crippen LogP contribution in [0.4, 0.5) is 13.2 Å². The second-order valence-electron chi connectivity index (χ2n) is 6.94. The van der Waals surface area contributed by atoms with E-state index in [1.165, 1.54) is 19.2 Å². The summed E-state index contributed by atoms with van der Waals surface area (Å²) in [5.41, 5.74) is 0.989. The van der Waals surface area contributed by atoms with E-state index in [0.717, 1.165) is 6.07 Å². The van der Waals surface area contributed by atoms with Gasteiger partial charge in [-0.1, -0.05) is 17.3 Å². The van der Waals surface area contributed by atoms with Crippen molar-refractivity contribution >= 4 is 17.0 Å². The monoisotopic (exact) mass is 437 g/mol. The number of esters is 1. The Hall–Kier alpha value is -3.14. The van der Waals surface area contributed by atoms with Crippen molar-refractivity contribution in [1.29, 1.82) is 0 Å². The second-order valence-corrected chi connectivity index (χ2v) is 6.94. The molecule has 10 heteroatoms. The van der Waals surface area contributed by atoms with Gasteiger partial charge in [-0.15, -0.1) is 5.10 Å². The number of rotatable bonds is 7. The summed E-state index contributed by atoms with van der Waals surface area (Å²) in [7, 11) is 3.19. The Bertz CT molecular complexity index is 1100. The molecule has 0 radical (unpaired) electrons. The van der Waals surface area contributed by atoms with Gasteiger partial charge < -0.3 is 14.6 Å². The molecule has 0 aliphatic rings. The number of aryl methyl sites for hydroxylation is 1. The minimum absolute atomic E-state index is 0.112. The number of ether oxygens (including phenoxy) is 2. The van der Waals surface area contributed by atoms with Gasteiger partial charge in [0.2, 0.25) is 0 Å². The highest BCUT2D eigenvalue weighted by Gasteiger charge is 2.34. The Labute approximate surface area is 176 Å². The number of halogens is 3. The van der Waals surface area contributed by atoms with Crippen LogP contribution < -0.4 is 4.74 Å². The maximum atomic E-state index is 13.3. The van der Waals surface area contributed by atoms with E-state index in [0.29, 0.717) is 27.9 Å². The summed E-state index contributed by atoms with van der Waals surface area (Å²) in [4.78, 5) is 12.3. The first kappa shape index (κ1) is 22.5. The van der Waals surface area contributed by atoms with E-state index < -0.39 is 30.2 Å². The van der Waals surface area contributed by atoms with Crippen LogP contribution in [0.2, 0.25) is 0 Å². The number of methoxy groups -OCH3 is 1. The minimum atomic E-state index is -4.60. The molecule has 1 unspecified atom stereocenters. The molecular formula is C21H22F3N3O4. The van der Waals surface area contributed by atoms with Crippen LogP contribution in [-0.4, -0.2) is 39.8 Å². The Morgan fingerprint density at radius 3 is 2.58 bits per heavy atom. The van der Waals surface area contributed by atoms with Crippen LogP contribution in [0.1, 0.15) is 41.5 Å². The van der Waals surface area contributed by atoms with Crippen LogP contribution in [0.5, 0.6) is 5.75 Å². The smallest absolute Gasteiger partial charge is 0.416 e. The predicted molar refractivity (Wildman–Crippen MR) is 106 cm³/mol. The zero-order valence-corrected chi connectivity index (χ0v) is 17.2. The molecule has 1 heterocycles. The first-order valence-electron chi connectivity index (χ1n) is 9.53. The quantitative estimate of drug-likeness (QED) is 0.569. The first-order chi connectivity index (χ1) is 14.7. The normalized spacial score (nSPS) is 12.7. The number of fused-ring (bicyclic) bond motifs is 1. The van der Waals surface area contributed by atoms with Gasteiger partial charge in [-0.25, -0.2) is 4.68 Å². The third kappa shape index (κ3) is 4.63. The highest BCUT2D eigenvalue weighted by atomic mass is 19.4. The van der Waals surface area contributed by atoms with Crippen molar-refractivity contribution in [2.45, 2.75) is 32.0 Å². The van der Waals surface area contributed by atoms with Crippen molar-refractivity contribution in [1.82, 2.24) is 15.0 Å². The summed E-state index contributed by atoms with van der Waals surface area (Å²) < 4.78 is 51.8. The van der Waals surface area contributed by atoms with Crippen LogP contribution in [0.15, 0.2) is 30.3 Å². The molecule has 0 aliphatic heterocycles. The number of aliphatic hydroxyl groups is 1. The minimum Gasteiger partial charge on any atom is -0.494 e. The summed E-state index contributed by atoms with van der Waals surface area (Å²) >= 11 is 0. The fourth-order valence-electron chi connectivity index (χ4n) is 3.58. The molecule has 7 nitrogen and oxygen atoms in total. The maximum absolute atomic E-state index is 13.3. The molecule has 0 amide bonds. The van der Waals surface area contributed by atoms with Gasteiger partial charge in [-0.3, -0.25) is 4.79 Å². The predicted octanol–water partition coefficient (Wildman–Crippen LogP) is 3.57. The molecule has 0 saturated heterocycles. The second kappa shape index (κ2) is 8.93. The van der Waals surface area contributed by atoms with E-state index in [1.807, 2.05) is 0 Å². The third-order valence-electron chi connectivity index (χ3n) is 4.99. The third-order valence-corrected chi connectivity index (χ3v) is 4.99. The molecule has 0 saturated carbocycles. The number of aliphatic hydroxyl groups excluding tert-OH is 1. The fourth-order valence-corrected chi connectivity index (χ4v) is 3.58. The van der Waals surface area contributed by atoms with Crippen LogP contribution in [0.3, 0.4) is 0 Å². The molecule has 1 aromatic heterocycles. The molecule has 0 spiro atoms. The van der Waals surface area contributed by atoms with Gasteiger partial charge in [0.1, 0.15) is 16.8 Å². The topological polar surface area (TPSA) is 86.5 Å². The van der Waals surface area contributed by atoms with Gasteiger partial charge in [-0.05, 0) is 41.8 Å². The van der Waals surface area contributed by atoms with Gasteiger partial charge in [0.05, 0.1) is 32.3 Å². The van der Waals surface area contributed by atoms with E-state index in [2.05, 4.69) is 10.3 Å². The molecule has 2 aromatic carbocycles. The summed E-state index contributed by atoms with van der Waals surface area (Å²) in [6, 6.07) is 6.90. The number of nitrogens with zero attached hydrogens (tertiary/aromatic N) is 3. The van der Waals surface area contributed by atoms with Crippen molar-refractivity contribution in [3.05, 3.63) is 52.6 Å². The molecule has 31 heavy (non-hydrogen) atoms. The van der Waals surface area contributed by atoms with Gasteiger partial charge in [0.15, 0.2) is 0 Å². The van der Waals surface area contributed by atoms with Crippen LogP contribution in [0, 0.1) is 0 Å². The van der Waals surface area contributed by atoms with E-state index in [9.17, 15) is 23.1 Å². The number of aromatic nitrogens is 3. The Balaban J connectivity index is 2.16. The van der Waals surface area contributed by atoms with Crippen LogP contribution >= 0.6 is 0 Å². The fraction of sp³-hybridized carbons (Fsp3) is 0.381. The average molecular weight is 437 g/mol. The first-order valence-corrected chi connectivity index (χ1v) is 9.53. The lowest BCUT2D eigenvalue weighted by Gasteiger charge is -2.21. The highest BCUT2D eigenvalue weighted by molar-refractivity contribution is 5.83. The summed E-state index contributed by atoms with van der Waals surface area (Å²) in [5.74, 6) is -0.689. The largest absolute Gasteiger partial charge is 0.494 e. The Morgan fingerprint density at radius 1 is 1.23 bits per heavy atom. The van der Waals surface area contributed by atoms with E-state index >= 15 is 0 Å². The van der Waals surface area contributed by atoms with Gasteiger partial charge >= 0.3 is 12.1 Å². The molecule has 0 fully saturated rings. The molecule has 166 valence electrons. The van der Waals surface area contributed by atoms with Crippen molar-refractivity contribution in [2.75, 3.05) is 13.7 Å². The zero-order chi connectivity index (χ0) is 22.8. The molecule has 1 atom stereocenters. The lowest BCUT2D eigenvalue weighted by atomic mass is 9.86. The van der Waals surface area contributed by atoms with Gasteiger partial charge in [0, 0.05) is 13.0 Å². The molecule has 0 aliphatic carbocycles. The van der Waals surface area contributed by atoms with E-state index in [-0.39, 0.29) is 18.6 Å². The summed E-state index contributed by atoms with van der Waals surface area (Å²) in [5, 5.41) is 17.6. The van der Waals surface area contributed by atoms with Crippen molar-refractivity contribution in [3.8, 4) is 5.75 Å². The maximum Gasteiger partial charge on any atom is 0.416 e. The van der Waals surface area contributed by atoms with Crippen molar-refractivity contribution in [2.24, 2.45) is 7.05 Å². The number of carbonyl (C=O) groups is 1. The molecular weight excluding hydrogens is 415 g/mol. The van der Waals surface area contributed by atoms with Gasteiger partial charge in [0.25, 0.3) is 0 Å². The zero-order valence-electron chi connectivity index (χ0n) is 17.2. The Morgan fingerprint density at radius 2 is 1.97 bits per heavy atom. The molecule has 1 N–H and O–H groups in total. The number of alkyl halides is 3. The summed E-state index contributed by atoms with van der Waals surface area (Å²) in [6.07, 6.45) is -4.71. The number of carbonyl (C=O) groups excluding carboxylic acids is 1. The molecule has 3 aromatic rings. The lowest BCUT2D eigenvalue weighted by Crippen LogP contribution is -2.14. The number of hydrogen-bond donors (Lipinski definition) is 1. The molecule has 3 rings (SSSR count). The average Bonchev–Trinajstić information content (AvgIpc) is 3.11. The number of hydrogen-bond acceptors (Lipinski definition) is 6. The van der Waals surface area contributed by atoms with E-state index in [1.54, 1.807) is 30.8 Å². The number of benzene rings is 2. The van der Waals surface area contributed by atoms with Crippen LogP contribution in [0.25, 0.3) is 11.0 Å². The highest BCUT2D eigenvalue weighted by Crippen LogP contribution is 2.38. The SMILES string of the molecule is CCOC(=O)CC(c1ccc(C(F)(F)F)c(CO)c1)c1cc(OC)c2c(c1)nnn2C. The van der Waals surface area contributed by atoms with Crippen LogP contribution in [-0.2, 0) is 29.4 Å². The van der Waals surface area contributed by atoms with Crippen molar-refractivity contribution < 1.29 is 32.5 Å². The Kier molecular flexibility index (Phi) is 6.49. The van der Waals surface area contributed by atoms with Crippen molar-refractivity contribution in [3.63, 3.8) is 0 Å². The standard InChI is InChI=1S/C21H22F3N3O4/c1-4-31-19(29)10-15(12-5-6-16(21(22,23)24)14(7-12)11-28)13-8-17-20(18(9-13)30-3)27(2)26-25-17/h5-9,15,28H,4,10-11H2,1-3H3. The molecule has 0 bridgehead atoms. The van der Waals surface area contributed by atoms with E-state index in [4.69, 9.17) is 9.47 Å². The lowest BCUT2D eigenvalue weighted by molar-refractivity contribution is -0.143. The van der Waals surface area contributed by atoms with Gasteiger partial charge in [-0.2, -0.15) is 13.2 Å².